The maximum Gasteiger partial charge on any atom is 0.253 e. The Morgan fingerprint density at radius 3 is 2.06 bits per heavy atom. The molecule has 2 aromatic carbocycles. The van der Waals surface area contributed by atoms with Gasteiger partial charge in [0, 0.05) is 49.4 Å². The first kappa shape index (κ1) is 25.9. The summed E-state index contributed by atoms with van der Waals surface area (Å²) in [6.07, 6.45) is 0.743. The smallest absolute Gasteiger partial charge is 0.253 e. The van der Waals surface area contributed by atoms with Gasteiger partial charge in [-0.15, -0.1) is 0 Å². The van der Waals surface area contributed by atoms with Crippen LogP contribution in [0.3, 0.4) is 0 Å². The van der Waals surface area contributed by atoms with Crippen molar-refractivity contribution in [2.75, 3.05) is 38.5 Å². The van der Waals surface area contributed by atoms with Crippen LogP contribution in [0, 0.1) is 0 Å². The van der Waals surface area contributed by atoms with Crippen molar-refractivity contribution in [1.82, 2.24) is 14.5 Å². The summed E-state index contributed by atoms with van der Waals surface area (Å²) >= 11 is 0. The van der Waals surface area contributed by atoms with E-state index in [4.69, 9.17) is 0 Å². The number of anilines is 1. The molecule has 1 aliphatic heterocycles. The van der Waals surface area contributed by atoms with E-state index in [1.807, 2.05) is 11.9 Å². The monoisotopic (exact) mass is 486 g/mol. The van der Waals surface area contributed by atoms with Gasteiger partial charge < -0.3 is 15.1 Å². The second-order valence-electron chi connectivity index (χ2n) is 9.72. The minimum atomic E-state index is -3.58. The minimum Gasteiger partial charge on any atom is -0.336 e. The number of rotatable bonds is 7. The van der Waals surface area contributed by atoms with E-state index in [2.05, 4.69) is 14.9 Å². The van der Waals surface area contributed by atoms with E-state index in [9.17, 15) is 18.0 Å². The number of carbonyl (C=O) groups is 2. The molecule has 0 spiro atoms. The number of piperazine rings is 1. The highest BCUT2D eigenvalue weighted by Gasteiger charge is 2.22. The van der Waals surface area contributed by atoms with E-state index in [1.54, 1.807) is 69.3 Å². The fraction of sp³-hybridized carbons (Fsp3) is 0.440. The molecule has 1 heterocycles. The van der Waals surface area contributed by atoms with Crippen molar-refractivity contribution >= 4 is 27.5 Å². The molecule has 0 aromatic heterocycles. The summed E-state index contributed by atoms with van der Waals surface area (Å²) in [5.41, 5.74) is 1.55. The van der Waals surface area contributed by atoms with E-state index < -0.39 is 15.6 Å². The highest BCUT2D eigenvalue weighted by molar-refractivity contribution is 7.89. The first-order valence-corrected chi connectivity index (χ1v) is 12.9. The van der Waals surface area contributed by atoms with Gasteiger partial charge in [-0.1, -0.05) is 12.1 Å². The zero-order valence-electron chi connectivity index (χ0n) is 20.3. The van der Waals surface area contributed by atoms with Crippen molar-refractivity contribution in [3.05, 3.63) is 59.7 Å². The molecule has 1 saturated heterocycles. The summed E-state index contributed by atoms with van der Waals surface area (Å²) in [5.74, 6) is -0.140. The number of nitrogens with one attached hydrogen (secondary N) is 2. The molecule has 0 unspecified atom stereocenters. The lowest BCUT2D eigenvalue weighted by Crippen LogP contribution is -2.47. The van der Waals surface area contributed by atoms with E-state index in [1.165, 1.54) is 0 Å². The Hall–Kier alpha value is -2.75. The molecule has 8 nitrogen and oxygen atoms in total. The molecule has 184 valence electrons. The van der Waals surface area contributed by atoms with Gasteiger partial charge in [0.05, 0.1) is 4.90 Å². The number of likely N-dealkylation sites (N-methyl/N-ethyl adjacent to an activating group) is 1. The molecule has 0 saturated carbocycles. The fourth-order valence-corrected chi connectivity index (χ4v) is 5.09. The predicted molar refractivity (Wildman–Crippen MR) is 133 cm³/mol. The largest absolute Gasteiger partial charge is 0.336 e. The van der Waals surface area contributed by atoms with Gasteiger partial charge >= 0.3 is 0 Å². The molecule has 0 bridgehead atoms. The standard InChI is InChI=1S/C25H34N4O4S/c1-25(2,3)27-34(32,33)22-12-5-19(6-13-22)7-14-23(30)26-21-10-8-20(9-11-21)24(31)29-17-15-28(4)16-18-29/h5-6,8-13,27H,7,14-18H2,1-4H3,(H,26,30). The Morgan fingerprint density at radius 2 is 1.50 bits per heavy atom. The number of carbonyl (C=O) groups excluding carboxylic acids is 2. The molecule has 1 aliphatic rings. The summed E-state index contributed by atoms with van der Waals surface area (Å²) < 4.78 is 27.4. The van der Waals surface area contributed by atoms with Crippen LogP contribution in [0.1, 0.15) is 43.1 Å². The maximum atomic E-state index is 12.6. The lowest BCUT2D eigenvalue weighted by atomic mass is 10.1. The molecule has 34 heavy (non-hydrogen) atoms. The number of aryl methyl sites for hydroxylation is 1. The first-order valence-electron chi connectivity index (χ1n) is 11.4. The number of amides is 2. The van der Waals surface area contributed by atoms with Crippen LogP contribution in [0.15, 0.2) is 53.4 Å². The third-order valence-electron chi connectivity index (χ3n) is 5.52. The number of nitrogens with zero attached hydrogens (tertiary/aromatic N) is 2. The van der Waals surface area contributed by atoms with Gasteiger partial charge in [0.1, 0.15) is 0 Å². The fourth-order valence-electron chi connectivity index (χ4n) is 3.67. The van der Waals surface area contributed by atoms with Crippen LogP contribution < -0.4 is 10.0 Å². The van der Waals surface area contributed by atoms with Gasteiger partial charge in [-0.2, -0.15) is 0 Å². The Labute approximate surface area is 202 Å². The predicted octanol–water partition coefficient (Wildman–Crippen LogP) is 2.72. The SMILES string of the molecule is CN1CCN(C(=O)c2ccc(NC(=O)CCc3ccc(S(=O)(=O)NC(C)(C)C)cc3)cc2)CC1. The Morgan fingerprint density at radius 1 is 0.912 bits per heavy atom. The number of hydrogen-bond acceptors (Lipinski definition) is 5. The Bertz CT molecular complexity index is 1100. The van der Waals surface area contributed by atoms with Crippen LogP contribution in [-0.2, 0) is 21.2 Å². The average Bonchev–Trinajstić information content (AvgIpc) is 2.77. The molecule has 0 atom stereocenters. The second kappa shape index (κ2) is 10.7. The molecule has 2 N–H and O–H groups in total. The van der Waals surface area contributed by atoms with Crippen LogP contribution in [0.2, 0.25) is 0 Å². The van der Waals surface area contributed by atoms with Crippen LogP contribution >= 0.6 is 0 Å². The van der Waals surface area contributed by atoms with Crippen molar-refractivity contribution in [3.63, 3.8) is 0 Å². The van der Waals surface area contributed by atoms with Gasteiger partial charge in [0.2, 0.25) is 15.9 Å². The van der Waals surface area contributed by atoms with Gasteiger partial charge in [-0.25, -0.2) is 13.1 Å². The van der Waals surface area contributed by atoms with E-state index in [0.29, 0.717) is 30.8 Å². The highest BCUT2D eigenvalue weighted by atomic mass is 32.2. The zero-order chi connectivity index (χ0) is 24.9. The minimum absolute atomic E-state index is 0.00846. The molecule has 3 rings (SSSR count). The third kappa shape index (κ3) is 7.38. The maximum absolute atomic E-state index is 12.6. The summed E-state index contributed by atoms with van der Waals surface area (Å²) in [5, 5.41) is 2.85. The van der Waals surface area contributed by atoms with Crippen LogP contribution in [0.5, 0.6) is 0 Å². The lowest BCUT2D eigenvalue weighted by Gasteiger charge is -2.32. The molecule has 0 aliphatic carbocycles. The van der Waals surface area contributed by atoms with Crippen molar-refractivity contribution in [2.24, 2.45) is 0 Å². The second-order valence-corrected chi connectivity index (χ2v) is 11.4. The van der Waals surface area contributed by atoms with Crippen LogP contribution in [-0.4, -0.2) is 68.8 Å². The molecule has 1 fully saturated rings. The van der Waals surface area contributed by atoms with Crippen molar-refractivity contribution in [3.8, 4) is 0 Å². The van der Waals surface area contributed by atoms with Crippen molar-refractivity contribution in [2.45, 2.75) is 44.0 Å². The molecular formula is C25H34N4O4S. The Kier molecular flexibility index (Phi) is 8.12. The Balaban J connectivity index is 1.50. The quantitative estimate of drug-likeness (QED) is 0.627. The van der Waals surface area contributed by atoms with Crippen LogP contribution in [0.25, 0.3) is 0 Å². The number of hydrogen-bond donors (Lipinski definition) is 2. The van der Waals surface area contributed by atoms with Gasteiger partial charge in [0.15, 0.2) is 0 Å². The van der Waals surface area contributed by atoms with E-state index in [0.717, 1.165) is 18.7 Å². The average molecular weight is 487 g/mol. The van der Waals surface area contributed by atoms with Gasteiger partial charge in [0.25, 0.3) is 5.91 Å². The summed E-state index contributed by atoms with van der Waals surface area (Å²) in [6.45, 7) is 8.53. The molecule has 0 radical (unpaired) electrons. The van der Waals surface area contributed by atoms with E-state index in [-0.39, 0.29) is 23.1 Å². The molecule has 2 aromatic rings. The third-order valence-corrected chi connectivity index (χ3v) is 7.29. The number of benzene rings is 2. The molecule has 9 heteroatoms. The van der Waals surface area contributed by atoms with E-state index >= 15 is 0 Å². The molecular weight excluding hydrogens is 452 g/mol. The summed E-state index contributed by atoms with van der Waals surface area (Å²) in [7, 11) is -1.54. The normalized spacial score (nSPS) is 15.2. The topological polar surface area (TPSA) is 98.8 Å². The van der Waals surface area contributed by atoms with Crippen LogP contribution in [0.4, 0.5) is 5.69 Å². The van der Waals surface area contributed by atoms with Crippen molar-refractivity contribution < 1.29 is 18.0 Å². The summed E-state index contributed by atoms with van der Waals surface area (Å²) in [6, 6.07) is 13.5. The highest BCUT2D eigenvalue weighted by Crippen LogP contribution is 2.16. The summed E-state index contributed by atoms with van der Waals surface area (Å²) in [4.78, 5) is 29.2. The van der Waals surface area contributed by atoms with Crippen molar-refractivity contribution in [1.29, 1.82) is 0 Å². The zero-order valence-corrected chi connectivity index (χ0v) is 21.1. The van der Waals surface area contributed by atoms with Gasteiger partial charge in [-0.3, -0.25) is 9.59 Å². The molecule has 2 amide bonds. The van der Waals surface area contributed by atoms with Gasteiger partial charge in [-0.05, 0) is 76.2 Å². The lowest BCUT2D eigenvalue weighted by molar-refractivity contribution is -0.116. The first-order chi connectivity index (χ1) is 15.9. The number of sulfonamides is 1.